The van der Waals surface area contributed by atoms with Crippen LogP contribution in [0.5, 0.6) is 0 Å². The van der Waals surface area contributed by atoms with Gasteiger partial charge < -0.3 is 4.90 Å². The lowest BCUT2D eigenvalue weighted by Crippen LogP contribution is -2.20. The van der Waals surface area contributed by atoms with Crippen LogP contribution in [-0.2, 0) is 0 Å². The van der Waals surface area contributed by atoms with E-state index in [2.05, 4.69) is 9.88 Å². The van der Waals surface area contributed by atoms with Gasteiger partial charge in [0.1, 0.15) is 5.82 Å². The maximum atomic E-state index is 12.9. The summed E-state index contributed by atoms with van der Waals surface area (Å²) in [5.41, 5.74) is 0.689. The lowest BCUT2D eigenvalue weighted by atomic mass is 10.2. The minimum atomic E-state index is 0.0157. The zero-order valence-corrected chi connectivity index (χ0v) is 15.8. The molecule has 1 fully saturated rings. The molecule has 0 unspecified atom stereocenters. The topological polar surface area (TPSA) is 54.3 Å². The van der Waals surface area contributed by atoms with Crippen molar-refractivity contribution < 1.29 is 0 Å². The number of hydrogen-bond donors (Lipinski definition) is 0. The molecular weight excluding hydrogens is 354 g/mol. The second kappa shape index (κ2) is 6.78. The van der Waals surface area contributed by atoms with Crippen LogP contribution in [0.15, 0.2) is 39.6 Å². The molecule has 0 amide bonds. The maximum Gasteiger partial charge on any atom is 0.205 e. The largest absolute Gasteiger partial charge is 0.357 e. The second-order valence-corrected chi connectivity index (χ2v) is 8.37. The first-order chi connectivity index (χ1) is 12.1. The first-order valence-electron chi connectivity index (χ1n) is 8.20. The summed E-state index contributed by atoms with van der Waals surface area (Å²) in [4.78, 5) is 25.1. The van der Waals surface area contributed by atoms with Crippen molar-refractivity contribution in [3.05, 3.63) is 40.1 Å². The molecule has 4 heterocycles. The van der Waals surface area contributed by atoms with Gasteiger partial charge in [0.2, 0.25) is 5.43 Å². The summed E-state index contributed by atoms with van der Waals surface area (Å²) >= 11 is 2.96. The summed E-state index contributed by atoms with van der Waals surface area (Å²) in [5.74, 6) is 0.933. The molecule has 8 heteroatoms. The van der Waals surface area contributed by atoms with E-state index in [0.29, 0.717) is 15.9 Å². The molecule has 0 saturated carbocycles. The van der Waals surface area contributed by atoms with Crippen molar-refractivity contribution >= 4 is 40.1 Å². The van der Waals surface area contributed by atoms with Crippen molar-refractivity contribution in [3.63, 3.8) is 0 Å². The molecule has 130 valence electrons. The number of fused-ring (bicyclic) bond motifs is 1. The molecule has 3 aromatic heterocycles. The predicted molar refractivity (Wildman–Crippen MR) is 104 cm³/mol. The summed E-state index contributed by atoms with van der Waals surface area (Å²) in [5, 5.41) is 3.38. The minimum Gasteiger partial charge on any atom is -0.357 e. The molecule has 3 aromatic rings. The molecule has 0 radical (unpaired) electrons. The summed E-state index contributed by atoms with van der Waals surface area (Å²) in [6.07, 6.45) is 6.01. The van der Waals surface area contributed by atoms with Gasteiger partial charge in [-0.1, -0.05) is 0 Å². The number of thiazole rings is 1. The molecular formula is C17H19N5OS2. The smallest absolute Gasteiger partial charge is 0.205 e. The Bertz CT molecular complexity index is 946. The molecule has 0 N–H and O–H groups in total. The van der Waals surface area contributed by atoms with Crippen LogP contribution in [0.2, 0.25) is 0 Å². The van der Waals surface area contributed by atoms with E-state index >= 15 is 0 Å². The number of nitrogens with zero attached hydrogens (tertiary/aromatic N) is 5. The predicted octanol–water partition coefficient (Wildman–Crippen LogP) is 3.01. The van der Waals surface area contributed by atoms with E-state index < -0.39 is 0 Å². The van der Waals surface area contributed by atoms with E-state index in [4.69, 9.17) is 4.98 Å². The number of hydrogen-bond acceptors (Lipinski definition) is 7. The van der Waals surface area contributed by atoms with Gasteiger partial charge in [0.15, 0.2) is 10.8 Å². The molecule has 0 aromatic carbocycles. The summed E-state index contributed by atoms with van der Waals surface area (Å²) in [6, 6.07) is 3.87. The second-order valence-electron chi connectivity index (χ2n) is 6.15. The van der Waals surface area contributed by atoms with E-state index in [1.807, 2.05) is 46.7 Å². The molecule has 4 rings (SSSR count). The third kappa shape index (κ3) is 3.17. The van der Waals surface area contributed by atoms with Crippen molar-refractivity contribution in [2.24, 2.45) is 0 Å². The zero-order chi connectivity index (χ0) is 17.4. The Morgan fingerprint density at radius 2 is 2.04 bits per heavy atom. The van der Waals surface area contributed by atoms with Crippen molar-refractivity contribution in [3.8, 4) is 5.13 Å². The first kappa shape index (κ1) is 16.6. The lowest BCUT2D eigenvalue weighted by Gasteiger charge is -2.18. The molecule has 25 heavy (non-hydrogen) atoms. The average Bonchev–Trinajstić information content (AvgIpc) is 3.30. The molecule has 1 saturated heterocycles. The molecule has 1 aliphatic rings. The van der Waals surface area contributed by atoms with E-state index in [1.165, 1.54) is 36.1 Å². The quantitative estimate of drug-likeness (QED) is 0.655. The van der Waals surface area contributed by atoms with Crippen LogP contribution in [0.4, 0.5) is 5.82 Å². The number of rotatable bonds is 4. The fraction of sp³-hybridized carbons (Fsp3) is 0.353. The summed E-state index contributed by atoms with van der Waals surface area (Å²) in [6.45, 7) is 2.04. The third-order valence-corrected chi connectivity index (χ3v) is 5.76. The van der Waals surface area contributed by atoms with Crippen LogP contribution in [0, 0.1) is 0 Å². The van der Waals surface area contributed by atoms with Gasteiger partial charge in [-0.25, -0.2) is 9.97 Å². The first-order valence-corrected chi connectivity index (χ1v) is 9.85. The van der Waals surface area contributed by atoms with Crippen LogP contribution < -0.4 is 10.3 Å². The molecule has 0 atom stereocenters. The molecule has 1 aliphatic heterocycles. The van der Waals surface area contributed by atoms with Gasteiger partial charge in [-0.3, -0.25) is 13.7 Å². The van der Waals surface area contributed by atoms with Gasteiger partial charge in [0, 0.05) is 30.9 Å². The molecule has 0 spiro atoms. The molecule has 0 aliphatic carbocycles. The Kier molecular flexibility index (Phi) is 4.49. The van der Waals surface area contributed by atoms with E-state index in [1.54, 1.807) is 6.20 Å². The highest BCUT2D eigenvalue weighted by Crippen LogP contribution is 2.26. The number of aromatic nitrogens is 3. The van der Waals surface area contributed by atoms with Crippen LogP contribution in [0.3, 0.4) is 0 Å². The van der Waals surface area contributed by atoms with Crippen LogP contribution in [0.1, 0.15) is 12.8 Å². The summed E-state index contributed by atoms with van der Waals surface area (Å²) < 4.78 is 3.85. The van der Waals surface area contributed by atoms with E-state index in [9.17, 15) is 4.79 Å². The SMILES string of the molecule is CN(C)Sc1cn(-c2nccs2)c2nc(N3CCCC3)ccc2c1=O. The Labute approximate surface area is 154 Å². The maximum absolute atomic E-state index is 12.9. The Balaban J connectivity index is 1.94. The van der Waals surface area contributed by atoms with Gasteiger partial charge in [0.25, 0.3) is 0 Å². The normalized spacial score (nSPS) is 14.8. The standard InChI is InChI=1S/C17H19N5OS2/c1-20(2)25-13-11-22(17-18-7-10-24-17)16-12(15(13)23)5-6-14(19-16)21-8-3-4-9-21/h5-7,10-11H,3-4,8-9H2,1-2H3. The van der Waals surface area contributed by atoms with Gasteiger partial charge in [-0.05, 0) is 51.0 Å². The zero-order valence-electron chi connectivity index (χ0n) is 14.2. The van der Waals surface area contributed by atoms with Gasteiger partial charge in [0.05, 0.1) is 10.3 Å². The fourth-order valence-electron chi connectivity index (χ4n) is 3.03. The number of pyridine rings is 2. The third-order valence-electron chi connectivity index (χ3n) is 4.14. The van der Waals surface area contributed by atoms with Crippen molar-refractivity contribution in [1.29, 1.82) is 0 Å². The van der Waals surface area contributed by atoms with Crippen molar-refractivity contribution in [1.82, 2.24) is 18.8 Å². The average molecular weight is 374 g/mol. The highest BCUT2D eigenvalue weighted by atomic mass is 32.2. The van der Waals surface area contributed by atoms with E-state index in [-0.39, 0.29) is 5.43 Å². The summed E-state index contributed by atoms with van der Waals surface area (Å²) in [7, 11) is 3.85. The lowest BCUT2D eigenvalue weighted by molar-refractivity contribution is 0.701. The number of anilines is 1. The Hall–Kier alpha value is -1.90. The highest BCUT2D eigenvalue weighted by Gasteiger charge is 2.18. The van der Waals surface area contributed by atoms with Crippen molar-refractivity contribution in [2.45, 2.75) is 17.7 Å². The van der Waals surface area contributed by atoms with Gasteiger partial charge >= 0.3 is 0 Å². The van der Waals surface area contributed by atoms with Crippen LogP contribution >= 0.6 is 23.3 Å². The van der Waals surface area contributed by atoms with Crippen molar-refractivity contribution in [2.75, 3.05) is 32.1 Å². The van der Waals surface area contributed by atoms with Gasteiger partial charge in [-0.2, -0.15) is 0 Å². The van der Waals surface area contributed by atoms with Crippen LogP contribution in [-0.4, -0.2) is 46.0 Å². The Morgan fingerprint density at radius 1 is 1.24 bits per heavy atom. The fourth-order valence-corrected chi connectivity index (χ4v) is 4.39. The highest BCUT2D eigenvalue weighted by molar-refractivity contribution is 7.97. The molecule has 0 bridgehead atoms. The van der Waals surface area contributed by atoms with Crippen LogP contribution in [0.25, 0.3) is 16.2 Å². The minimum absolute atomic E-state index is 0.0157. The van der Waals surface area contributed by atoms with Gasteiger partial charge in [-0.15, -0.1) is 11.3 Å². The Morgan fingerprint density at radius 3 is 2.72 bits per heavy atom. The molecule has 6 nitrogen and oxygen atoms in total. The monoisotopic (exact) mass is 373 g/mol. The van der Waals surface area contributed by atoms with E-state index in [0.717, 1.165) is 24.0 Å².